The van der Waals surface area contributed by atoms with Gasteiger partial charge in [0.2, 0.25) is 0 Å². The lowest BCUT2D eigenvalue weighted by Crippen LogP contribution is -2.33. The molecular weight excluding hydrogens is 158 g/mol. The first-order chi connectivity index (χ1) is 5.65. The van der Waals surface area contributed by atoms with Crippen LogP contribution < -0.4 is 17.0 Å². The third-order valence-electron chi connectivity index (χ3n) is 1.61. The minimum absolute atomic E-state index is 0.304. The zero-order valence-electron chi connectivity index (χ0n) is 6.83. The molecule has 1 rings (SSSR count). The second-order valence-corrected chi connectivity index (χ2v) is 2.54. The third-order valence-corrected chi connectivity index (χ3v) is 1.61. The van der Waals surface area contributed by atoms with E-state index in [4.69, 9.17) is 5.73 Å². The maximum Gasteiger partial charge on any atom is 0.328 e. The average Bonchev–Trinajstić information content (AvgIpc) is 2.01. The molecule has 0 fully saturated rings. The Balaban J connectivity index is 3.22. The summed E-state index contributed by atoms with van der Waals surface area (Å²) in [6.07, 6.45) is 0.519. The molecule has 0 unspecified atom stereocenters. The number of rotatable bonds is 2. The van der Waals surface area contributed by atoms with Crippen LogP contribution in [0.4, 0.5) is 0 Å². The van der Waals surface area contributed by atoms with Gasteiger partial charge in [0.25, 0.3) is 5.56 Å². The lowest BCUT2D eigenvalue weighted by atomic mass is 10.3. The summed E-state index contributed by atoms with van der Waals surface area (Å²) in [5.74, 6) is 0. The molecule has 1 heterocycles. The molecule has 0 atom stereocenters. The minimum Gasteiger partial charge on any atom is -0.330 e. The molecule has 0 aromatic carbocycles. The van der Waals surface area contributed by atoms with Gasteiger partial charge in [-0.25, -0.2) is 4.79 Å². The summed E-state index contributed by atoms with van der Waals surface area (Å²) in [5, 5.41) is 0. The van der Waals surface area contributed by atoms with Gasteiger partial charge in [-0.15, -0.1) is 0 Å². The Bertz CT molecular complexity index is 346. The zero-order valence-corrected chi connectivity index (χ0v) is 6.83. The molecule has 0 saturated carbocycles. The van der Waals surface area contributed by atoms with Crippen molar-refractivity contribution in [1.29, 1.82) is 0 Å². The average molecular weight is 169 g/mol. The summed E-state index contributed by atoms with van der Waals surface area (Å²) in [6.45, 7) is 0.420. The van der Waals surface area contributed by atoms with Gasteiger partial charge in [-0.05, 0) is 6.54 Å². The molecule has 0 aliphatic rings. The van der Waals surface area contributed by atoms with Gasteiger partial charge < -0.3 is 10.7 Å². The van der Waals surface area contributed by atoms with Crippen molar-refractivity contribution in [2.75, 3.05) is 6.54 Å². The zero-order chi connectivity index (χ0) is 9.14. The fourth-order valence-corrected chi connectivity index (χ4v) is 0.893. The van der Waals surface area contributed by atoms with Crippen molar-refractivity contribution in [2.24, 2.45) is 12.8 Å². The Morgan fingerprint density at radius 3 is 2.75 bits per heavy atom. The number of hydrogen-bond acceptors (Lipinski definition) is 3. The SMILES string of the molecule is Cn1c(=O)cc(CCN)[nH]c1=O. The lowest BCUT2D eigenvalue weighted by molar-refractivity contribution is 0.748. The van der Waals surface area contributed by atoms with Crippen molar-refractivity contribution in [3.63, 3.8) is 0 Å². The third kappa shape index (κ3) is 1.62. The largest absolute Gasteiger partial charge is 0.330 e. The first-order valence-electron chi connectivity index (χ1n) is 3.64. The molecule has 5 heteroatoms. The van der Waals surface area contributed by atoms with Crippen LogP contribution >= 0.6 is 0 Å². The highest BCUT2D eigenvalue weighted by molar-refractivity contribution is 4.99. The van der Waals surface area contributed by atoms with Crippen molar-refractivity contribution in [3.05, 3.63) is 32.6 Å². The van der Waals surface area contributed by atoms with Crippen LogP contribution in [-0.2, 0) is 13.5 Å². The molecule has 0 saturated heterocycles. The number of nitrogens with zero attached hydrogens (tertiary/aromatic N) is 1. The van der Waals surface area contributed by atoms with Crippen LogP contribution in [-0.4, -0.2) is 16.1 Å². The van der Waals surface area contributed by atoms with Gasteiger partial charge in [-0.1, -0.05) is 0 Å². The van der Waals surface area contributed by atoms with Crippen LogP contribution in [0.15, 0.2) is 15.7 Å². The van der Waals surface area contributed by atoms with Crippen molar-refractivity contribution in [1.82, 2.24) is 9.55 Å². The maximum absolute atomic E-state index is 11.0. The van der Waals surface area contributed by atoms with Crippen molar-refractivity contribution >= 4 is 0 Å². The van der Waals surface area contributed by atoms with Crippen LogP contribution in [0.25, 0.3) is 0 Å². The number of aromatic amines is 1. The Morgan fingerprint density at radius 2 is 2.25 bits per heavy atom. The number of nitrogens with two attached hydrogens (primary N) is 1. The Labute approximate surface area is 68.8 Å². The van der Waals surface area contributed by atoms with Gasteiger partial charge in [0, 0.05) is 25.2 Å². The van der Waals surface area contributed by atoms with Gasteiger partial charge in [-0.3, -0.25) is 9.36 Å². The van der Waals surface area contributed by atoms with E-state index in [0.717, 1.165) is 4.57 Å². The van der Waals surface area contributed by atoms with Gasteiger partial charge in [0.1, 0.15) is 0 Å². The van der Waals surface area contributed by atoms with E-state index in [-0.39, 0.29) is 5.56 Å². The van der Waals surface area contributed by atoms with E-state index in [1.54, 1.807) is 0 Å². The summed E-state index contributed by atoms with van der Waals surface area (Å²) < 4.78 is 1.01. The fraction of sp³-hybridized carbons (Fsp3) is 0.429. The molecule has 3 N–H and O–H groups in total. The lowest BCUT2D eigenvalue weighted by Gasteiger charge is -1.99. The predicted octanol–water partition coefficient (Wildman–Crippen LogP) is -1.43. The number of nitrogens with one attached hydrogen (secondary N) is 1. The first-order valence-corrected chi connectivity index (χ1v) is 3.64. The Kier molecular flexibility index (Phi) is 2.44. The van der Waals surface area contributed by atoms with Gasteiger partial charge in [0.15, 0.2) is 0 Å². The van der Waals surface area contributed by atoms with Crippen LogP contribution in [0.2, 0.25) is 0 Å². The van der Waals surface area contributed by atoms with E-state index < -0.39 is 5.69 Å². The summed E-state index contributed by atoms with van der Waals surface area (Å²) in [5.41, 5.74) is 5.16. The molecule has 0 radical (unpaired) electrons. The molecular formula is C7H11N3O2. The van der Waals surface area contributed by atoms with E-state index in [1.165, 1.54) is 13.1 Å². The highest BCUT2D eigenvalue weighted by atomic mass is 16.2. The van der Waals surface area contributed by atoms with Crippen LogP contribution in [0.1, 0.15) is 5.69 Å². The monoisotopic (exact) mass is 169 g/mol. The second-order valence-electron chi connectivity index (χ2n) is 2.54. The minimum atomic E-state index is -0.397. The topological polar surface area (TPSA) is 80.9 Å². The molecule has 0 aliphatic heterocycles. The van der Waals surface area contributed by atoms with E-state index in [1.807, 2.05) is 0 Å². The summed E-state index contributed by atoms with van der Waals surface area (Å²) in [7, 11) is 1.42. The molecule has 1 aromatic heterocycles. The van der Waals surface area contributed by atoms with Crippen molar-refractivity contribution in [2.45, 2.75) is 6.42 Å². The first kappa shape index (κ1) is 8.73. The van der Waals surface area contributed by atoms with E-state index in [0.29, 0.717) is 18.7 Å². The molecule has 0 aliphatic carbocycles. The molecule has 1 aromatic rings. The number of H-pyrrole nitrogens is 1. The van der Waals surface area contributed by atoms with Gasteiger partial charge in [0.05, 0.1) is 0 Å². The Hall–Kier alpha value is -1.36. The predicted molar refractivity (Wildman–Crippen MR) is 45.1 cm³/mol. The molecule has 0 spiro atoms. The normalized spacial score (nSPS) is 10.2. The molecule has 0 amide bonds. The standard InChI is InChI=1S/C7H11N3O2/c1-10-6(11)4-5(2-3-8)9-7(10)12/h4H,2-3,8H2,1H3,(H,9,12). The number of hydrogen-bond donors (Lipinski definition) is 2. The van der Waals surface area contributed by atoms with Crippen LogP contribution in [0, 0.1) is 0 Å². The smallest absolute Gasteiger partial charge is 0.328 e. The molecule has 0 bridgehead atoms. The Morgan fingerprint density at radius 1 is 1.58 bits per heavy atom. The van der Waals surface area contributed by atoms with E-state index in [2.05, 4.69) is 4.98 Å². The maximum atomic E-state index is 11.0. The van der Waals surface area contributed by atoms with Crippen LogP contribution in [0.5, 0.6) is 0 Å². The number of aromatic nitrogens is 2. The van der Waals surface area contributed by atoms with Crippen molar-refractivity contribution < 1.29 is 0 Å². The highest BCUT2D eigenvalue weighted by Crippen LogP contribution is 1.84. The van der Waals surface area contributed by atoms with Crippen LogP contribution in [0.3, 0.4) is 0 Å². The van der Waals surface area contributed by atoms with Crippen molar-refractivity contribution in [3.8, 4) is 0 Å². The molecule has 5 nitrogen and oxygen atoms in total. The molecule has 66 valence electrons. The second kappa shape index (κ2) is 3.36. The summed E-state index contributed by atoms with van der Waals surface area (Å²) >= 11 is 0. The van der Waals surface area contributed by atoms with Gasteiger partial charge >= 0.3 is 5.69 Å². The van der Waals surface area contributed by atoms with E-state index in [9.17, 15) is 9.59 Å². The highest BCUT2D eigenvalue weighted by Gasteiger charge is 1.98. The van der Waals surface area contributed by atoms with Gasteiger partial charge in [-0.2, -0.15) is 0 Å². The van der Waals surface area contributed by atoms with E-state index >= 15 is 0 Å². The summed E-state index contributed by atoms with van der Waals surface area (Å²) in [6, 6.07) is 1.38. The fourth-order valence-electron chi connectivity index (χ4n) is 0.893. The quantitative estimate of drug-likeness (QED) is 0.569. The summed E-state index contributed by atoms with van der Waals surface area (Å²) in [4.78, 5) is 24.6. The molecule has 12 heavy (non-hydrogen) atoms.